The van der Waals surface area contributed by atoms with Gasteiger partial charge >= 0.3 is 6.18 Å². The number of halogens is 3. The first kappa shape index (κ1) is 14.3. The maximum Gasteiger partial charge on any atom is 0.451 e. The highest BCUT2D eigenvalue weighted by atomic mass is 19.4. The zero-order valence-electron chi connectivity index (χ0n) is 11.1. The Balaban J connectivity index is 2.60. The number of fused-ring (bicyclic) bond motifs is 1. The van der Waals surface area contributed by atoms with Gasteiger partial charge in [-0.3, -0.25) is 0 Å². The number of nitrogens with one attached hydrogen (secondary N) is 1. The molecule has 2 aromatic heterocycles. The van der Waals surface area contributed by atoms with Crippen LogP contribution in [0.4, 0.5) is 19.0 Å². The molecular weight excluding hydrogens is 271 g/mol. The largest absolute Gasteiger partial charge is 0.451 e. The molecule has 0 aliphatic rings. The van der Waals surface area contributed by atoms with Crippen molar-refractivity contribution in [2.24, 2.45) is 0 Å². The first-order valence-corrected chi connectivity index (χ1v) is 6.00. The van der Waals surface area contributed by atoms with Gasteiger partial charge in [0.25, 0.3) is 0 Å². The van der Waals surface area contributed by atoms with E-state index in [2.05, 4.69) is 26.5 Å². The molecule has 2 aromatic rings. The normalized spacial score (nSPS) is 11.8. The molecule has 2 rings (SSSR count). The van der Waals surface area contributed by atoms with Crippen LogP contribution in [0, 0.1) is 0 Å². The first-order chi connectivity index (χ1) is 9.32. The van der Waals surface area contributed by atoms with Crippen LogP contribution in [0.5, 0.6) is 0 Å². The Bertz CT molecular complexity index is 632. The average Bonchev–Trinajstić information content (AvgIpc) is 2.81. The maximum atomic E-state index is 12.8. The second-order valence-electron chi connectivity index (χ2n) is 4.44. The van der Waals surface area contributed by atoms with Crippen molar-refractivity contribution in [3.63, 3.8) is 0 Å². The van der Waals surface area contributed by atoms with Gasteiger partial charge in [0, 0.05) is 13.1 Å². The number of hydrogen-bond donors (Lipinski definition) is 1. The lowest BCUT2D eigenvalue weighted by Gasteiger charge is -2.23. The third-order valence-electron chi connectivity index (χ3n) is 2.66. The van der Waals surface area contributed by atoms with Crippen LogP contribution in [-0.2, 0) is 6.18 Å². The van der Waals surface area contributed by atoms with Crippen molar-refractivity contribution in [2.45, 2.75) is 20.0 Å². The Morgan fingerprint density at radius 1 is 1.40 bits per heavy atom. The van der Waals surface area contributed by atoms with Crippen LogP contribution in [0.25, 0.3) is 11.2 Å². The minimum absolute atomic E-state index is 0.00231. The van der Waals surface area contributed by atoms with E-state index in [4.69, 9.17) is 0 Å². The van der Waals surface area contributed by atoms with Gasteiger partial charge in [-0.05, 0) is 13.8 Å². The van der Waals surface area contributed by atoms with E-state index in [0.29, 0.717) is 18.6 Å². The number of imidazole rings is 1. The third-order valence-corrected chi connectivity index (χ3v) is 2.66. The molecule has 0 bridgehead atoms. The molecule has 0 unspecified atom stereocenters. The Hall–Kier alpha value is -2.12. The van der Waals surface area contributed by atoms with Gasteiger partial charge in [0.05, 0.1) is 6.33 Å². The van der Waals surface area contributed by atoms with Gasteiger partial charge in [-0.15, -0.1) is 0 Å². The molecule has 0 spiro atoms. The fourth-order valence-electron chi connectivity index (χ4n) is 1.84. The molecular formula is C12H14F3N5. The number of aromatic nitrogens is 4. The second-order valence-corrected chi connectivity index (χ2v) is 4.44. The minimum atomic E-state index is -4.61. The van der Waals surface area contributed by atoms with E-state index in [0.717, 1.165) is 5.57 Å². The van der Waals surface area contributed by atoms with Crippen molar-refractivity contribution in [3.05, 3.63) is 24.3 Å². The molecule has 0 atom stereocenters. The molecule has 0 fully saturated rings. The van der Waals surface area contributed by atoms with Crippen molar-refractivity contribution in [1.29, 1.82) is 0 Å². The van der Waals surface area contributed by atoms with Gasteiger partial charge in [0.2, 0.25) is 5.82 Å². The summed E-state index contributed by atoms with van der Waals surface area (Å²) in [6, 6.07) is 0. The number of H-pyrrole nitrogens is 1. The minimum Gasteiger partial charge on any atom is -0.351 e. The fraction of sp³-hybridized carbons (Fsp3) is 0.417. The summed E-state index contributed by atoms with van der Waals surface area (Å²) in [5.41, 5.74) is 1.22. The van der Waals surface area contributed by atoms with E-state index in [1.807, 2.05) is 6.92 Å². The molecule has 0 saturated carbocycles. The fourth-order valence-corrected chi connectivity index (χ4v) is 1.84. The Kier molecular flexibility index (Phi) is 3.65. The monoisotopic (exact) mass is 285 g/mol. The van der Waals surface area contributed by atoms with Gasteiger partial charge < -0.3 is 9.88 Å². The van der Waals surface area contributed by atoms with Crippen LogP contribution in [0.1, 0.15) is 19.7 Å². The number of rotatable bonds is 4. The zero-order chi connectivity index (χ0) is 14.9. The van der Waals surface area contributed by atoms with Crippen molar-refractivity contribution >= 4 is 17.0 Å². The predicted molar refractivity (Wildman–Crippen MR) is 69.4 cm³/mol. The molecule has 0 aromatic carbocycles. The predicted octanol–water partition coefficient (Wildman–Crippen LogP) is 2.77. The summed E-state index contributed by atoms with van der Waals surface area (Å²) < 4.78 is 38.5. The lowest BCUT2D eigenvalue weighted by molar-refractivity contribution is -0.144. The highest BCUT2D eigenvalue weighted by Crippen LogP contribution is 2.30. The smallest absolute Gasteiger partial charge is 0.351 e. The molecule has 5 nitrogen and oxygen atoms in total. The summed E-state index contributed by atoms with van der Waals surface area (Å²) in [7, 11) is 0. The summed E-state index contributed by atoms with van der Waals surface area (Å²) in [6.07, 6.45) is -3.30. The highest BCUT2D eigenvalue weighted by Gasteiger charge is 2.36. The number of hydrogen-bond acceptors (Lipinski definition) is 4. The van der Waals surface area contributed by atoms with Gasteiger partial charge in [-0.2, -0.15) is 13.2 Å². The summed E-state index contributed by atoms with van der Waals surface area (Å²) in [5.74, 6) is -1.00. The topological polar surface area (TPSA) is 57.7 Å². The number of nitrogens with zero attached hydrogens (tertiary/aromatic N) is 4. The van der Waals surface area contributed by atoms with E-state index in [1.54, 1.807) is 11.8 Å². The molecule has 20 heavy (non-hydrogen) atoms. The van der Waals surface area contributed by atoms with E-state index < -0.39 is 12.0 Å². The standard InChI is InChI=1S/C12H14F3N5/c1-4-20(5-7(2)3)10-8-9(17-6-16-8)18-11(19-10)12(13,14)15/h6H,2,4-5H2,1,3H3,(H,16,17,18,19). The molecule has 0 radical (unpaired) electrons. The van der Waals surface area contributed by atoms with Crippen LogP contribution >= 0.6 is 0 Å². The Morgan fingerprint density at radius 2 is 2.10 bits per heavy atom. The molecule has 108 valence electrons. The SMILES string of the molecule is C=C(C)CN(CC)c1nc(C(F)(F)F)nc2nc[nH]c12. The Morgan fingerprint density at radius 3 is 2.65 bits per heavy atom. The molecule has 1 N–H and O–H groups in total. The quantitative estimate of drug-likeness (QED) is 0.878. The van der Waals surface area contributed by atoms with Gasteiger partial charge in [0.1, 0.15) is 5.52 Å². The second kappa shape index (κ2) is 5.10. The summed E-state index contributed by atoms with van der Waals surface area (Å²) in [5, 5.41) is 0. The lowest BCUT2D eigenvalue weighted by Crippen LogP contribution is -2.27. The van der Waals surface area contributed by atoms with Crippen molar-refractivity contribution in [1.82, 2.24) is 19.9 Å². The third kappa shape index (κ3) is 2.73. The van der Waals surface area contributed by atoms with Gasteiger partial charge in [-0.25, -0.2) is 15.0 Å². The van der Waals surface area contributed by atoms with E-state index in [9.17, 15) is 13.2 Å². The number of aromatic amines is 1. The van der Waals surface area contributed by atoms with E-state index in [1.165, 1.54) is 6.33 Å². The average molecular weight is 285 g/mol. The van der Waals surface area contributed by atoms with Crippen LogP contribution < -0.4 is 4.90 Å². The summed E-state index contributed by atoms with van der Waals surface area (Å²) in [4.78, 5) is 15.3. The molecule has 0 amide bonds. The number of anilines is 1. The highest BCUT2D eigenvalue weighted by molar-refractivity contribution is 5.83. The van der Waals surface area contributed by atoms with Crippen LogP contribution in [-0.4, -0.2) is 33.0 Å². The molecule has 8 heteroatoms. The molecule has 2 heterocycles. The zero-order valence-corrected chi connectivity index (χ0v) is 11.1. The molecule has 0 saturated heterocycles. The number of likely N-dealkylation sites (N-methyl/N-ethyl adjacent to an activating group) is 1. The molecule has 0 aliphatic heterocycles. The van der Waals surface area contributed by atoms with Crippen LogP contribution in [0.15, 0.2) is 18.5 Å². The first-order valence-electron chi connectivity index (χ1n) is 6.00. The lowest BCUT2D eigenvalue weighted by atomic mass is 10.3. The Labute approximate surface area is 113 Å². The maximum absolute atomic E-state index is 12.8. The van der Waals surface area contributed by atoms with E-state index >= 15 is 0 Å². The summed E-state index contributed by atoms with van der Waals surface area (Å²) in [6.45, 7) is 8.32. The van der Waals surface area contributed by atoms with Crippen molar-refractivity contribution in [3.8, 4) is 0 Å². The van der Waals surface area contributed by atoms with Gasteiger partial charge in [-0.1, -0.05) is 12.2 Å². The summed E-state index contributed by atoms with van der Waals surface area (Å²) >= 11 is 0. The number of alkyl halides is 3. The van der Waals surface area contributed by atoms with Crippen LogP contribution in [0.2, 0.25) is 0 Å². The van der Waals surface area contributed by atoms with Crippen LogP contribution in [0.3, 0.4) is 0 Å². The van der Waals surface area contributed by atoms with Crippen molar-refractivity contribution < 1.29 is 13.2 Å². The van der Waals surface area contributed by atoms with Gasteiger partial charge in [0.15, 0.2) is 11.5 Å². The van der Waals surface area contributed by atoms with E-state index in [-0.39, 0.29) is 11.5 Å². The molecule has 0 aliphatic carbocycles. The van der Waals surface area contributed by atoms with Crippen molar-refractivity contribution in [2.75, 3.05) is 18.0 Å².